The first-order valence-electron chi connectivity index (χ1n) is 9.78. The number of aliphatic hydroxyl groups is 3. The van der Waals surface area contributed by atoms with Gasteiger partial charge in [-0.1, -0.05) is 64.0 Å². The molecule has 0 heterocycles. The van der Waals surface area contributed by atoms with Crippen LogP contribution < -0.4 is 0 Å². The maximum Gasteiger partial charge on any atom is 0.139 e. The van der Waals surface area contributed by atoms with Crippen LogP contribution in [0.1, 0.15) is 77.6 Å². The molecule has 4 nitrogen and oxygen atoms in total. The van der Waals surface area contributed by atoms with E-state index in [2.05, 4.69) is 6.92 Å². The van der Waals surface area contributed by atoms with E-state index in [0.29, 0.717) is 0 Å². The second kappa shape index (κ2) is 12.6. The van der Waals surface area contributed by atoms with Crippen molar-refractivity contribution >= 4 is 5.78 Å². The van der Waals surface area contributed by atoms with Gasteiger partial charge in [-0.3, -0.25) is 4.79 Å². The number of unbranched alkanes of at least 4 members (excludes halogenated alkanes) is 6. The minimum absolute atomic E-state index is 0.100. The quantitative estimate of drug-likeness (QED) is 0.355. The molecule has 0 radical (unpaired) electrons. The predicted octanol–water partition coefficient (Wildman–Crippen LogP) is 3.38. The number of Topliss-reactive ketones (excluding diaryl/α,β-unsaturated/α-hetero) is 1. The number of aliphatic hydroxyl groups excluding tert-OH is 3. The Kier molecular flexibility index (Phi) is 11.2. The second-order valence-electron chi connectivity index (χ2n) is 7.15. The molecule has 24 heavy (non-hydrogen) atoms. The highest BCUT2D eigenvalue weighted by atomic mass is 16.3. The van der Waals surface area contributed by atoms with Crippen LogP contribution >= 0.6 is 0 Å². The number of carbonyl (C=O) groups is 1. The molecular weight excluding hydrogens is 304 g/mol. The fraction of sp³-hybridized carbons (Fsp3) is 0.850. The molecular formula is C20H36O4. The van der Waals surface area contributed by atoms with Gasteiger partial charge in [0, 0.05) is 24.9 Å². The molecule has 140 valence electrons. The van der Waals surface area contributed by atoms with Crippen molar-refractivity contribution in [1.29, 1.82) is 0 Å². The van der Waals surface area contributed by atoms with Crippen molar-refractivity contribution in [3.05, 3.63) is 12.2 Å². The highest BCUT2D eigenvalue weighted by molar-refractivity contribution is 5.84. The number of rotatable bonds is 13. The Balaban J connectivity index is 2.40. The fourth-order valence-corrected chi connectivity index (χ4v) is 3.55. The molecule has 0 amide bonds. The predicted molar refractivity (Wildman–Crippen MR) is 96.7 cm³/mol. The van der Waals surface area contributed by atoms with Gasteiger partial charge in [-0.25, -0.2) is 0 Å². The molecule has 0 aromatic carbocycles. The summed E-state index contributed by atoms with van der Waals surface area (Å²) in [5.74, 6) is -0.0827. The van der Waals surface area contributed by atoms with Gasteiger partial charge >= 0.3 is 0 Å². The molecule has 0 aromatic heterocycles. The van der Waals surface area contributed by atoms with Crippen LogP contribution in [0.5, 0.6) is 0 Å². The molecule has 1 rings (SSSR count). The standard InChI is InChI=1S/C20H36O4/c1-2-3-7-10-16(22)12-13-18-17(19(23)15-20(18)24)11-8-5-4-6-9-14-21/h12-13,16-18,20-22,24H,2-11,14-15H2,1H3/b13-12+/t16-,17+,18+,20?/m0/s1. The molecule has 3 N–H and O–H groups in total. The Bertz CT molecular complexity index is 367. The molecule has 0 bridgehead atoms. The molecule has 0 aromatic rings. The third-order valence-corrected chi connectivity index (χ3v) is 5.06. The Morgan fingerprint density at radius 2 is 1.83 bits per heavy atom. The Hall–Kier alpha value is -0.710. The minimum atomic E-state index is -0.601. The Morgan fingerprint density at radius 3 is 2.54 bits per heavy atom. The van der Waals surface area contributed by atoms with Crippen LogP contribution in [-0.2, 0) is 4.79 Å². The van der Waals surface area contributed by atoms with Crippen LogP contribution in [0.3, 0.4) is 0 Å². The molecule has 0 spiro atoms. The molecule has 1 aliphatic carbocycles. The summed E-state index contributed by atoms with van der Waals surface area (Å²) in [6.07, 6.45) is 12.7. The van der Waals surface area contributed by atoms with Gasteiger partial charge < -0.3 is 15.3 Å². The molecule has 1 saturated carbocycles. The van der Waals surface area contributed by atoms with Crippen LogP contribution in [0.2, 0.25) is 0 Å². The number of hydrogen-bond acceptors (Lipinski definition) is 4. The number of hydrogen-bond donors (Lipinski definition) is 3. The lowest BCUT2D eigenvalue weighted by molar-refractivity contribution is -0.121. The van der Waals surface area contributed by atoms with E-state index >= 15 is 0 Å². The van der Waals surface area contributed by atoms with Crippen LogP contribution in [-0.4, -0.2) is 39.9 Å². The van der Waals surface area contributed by atoms with E-state index in [4.69, 9.17) is 5.11 Å². The molecule has 1 aliphatic rings. The van der Waals surface area contributed by atoms with E-state index < -0.39 is 12.2 Å². The number of ketones is 1. The van der Waals surface area contributed by atoms with Crippen molar-refractivity contribution in [3.63, 3.8) is 0 Å². The van der Waals surface area contributed by atoms with E-state index in [1.807, 2.05) is 6.08 Å². The first kappa shape index (κ1) is 21.3. The normalized spacial score (nSPS) is 25.7. The summed E-state index contributed by atoms with van der Waals surface area (Å²) in [4.78, 5) is 12.1. The summed E-state index contributed by atoms with van der Waals surface area (Å²) < 4.78 is 0. The van der Waals surface area contributed by atoms with Crippen LogP contribution in [0, 0.1) is 11.8 Å². The maximum absolute atomic E-state index is 12.1. The summed E-state index contributed by atoms with van der Waals surface area (Å²) >= 11 is 0. The average Bonchev–Trinajstić information content (AvgIpc) is 2.82. The molecule has 0 aliphatic heterocycles. The van der Waals surface area contributed by atoms with E-state index in [1.165, 1.54) is 0 Å². The van der Waals surface area contributed by atoms with Crippen molar-refractivity contribution in [2.45, 2.75) is 89.8 Å². The van der Waals surface area contributed by atoms with E-state index in [0.717, 1.165) is 64.2 Å². The van der Waals surface area contributed by atoms with Gasteiger partial charge in [0.15, 0.2) is 0 Å². The van der Waals surface area contributed by atoms with Crippen LogP contribution in [0.15, 0.2) is 12.2 Å². The van der Waals surface area contributed by atoms with Gasteiger partial charge in [0.05, 0.1) is 12.2 Å². The summed E-state index contributed by atoms with van der Waals surface area (Å²) in [6.45, 7) is 2.39. The molecule has 4 atom stereocenters. The zero-order valence-corrected chi connectivity index (χ0v) is 15.2. The van der Waals surface area contributed by atoms with Gasteiger partial charge in [-0.05, 0) is 19.3 Å². The van der Waals surface area contributed by atoms with Gasteiger partial charge in [0.1, 0.15) is 5.78 Å². The van der Waals surface area contributed by atoms with Crippen molar-refractivity contribution in [3.8, 4) is 0 Å². The first-order valence-corrected chi connectivity index (χ1v) is 9.78. The second-order valence-corrected chi connectivity index (χ2v) is 7.15. The van der Waals surface area contributed by atoms with E-state index in [1.54, 1.807) is 6.08 Å². The average molecular weight is 341 g/mol. The molecule has 1 unspecified atom stereocenters. The fourth-order valence-electron chi connectivity index (χ4n) is 3.55. The zero-order valence-electron chi connectivity index (χ0n) is 15.2. The third kappa shape index (κ3) is 7.91. The summed E-state index contributed by atoms with van der Waals surface area (Å²) in [6, 6.07) is 0. The smallest absolute Gasteiger partial charge is 0.139 e. The zero-order chi connectivity index (χ0) is 17.8. The molecule has 0 saturated heterocycles. The monoisotopic (exact) mass is 340 g/mol. The van der Waals surface area contributed by atoms with Gasteiger partial charge in [-0.15, -0.1) is 0 Å². The van der Waals surface area contributed by atoms with Crippen molar-refractivity contribution in [1.82, 2.24) is 0 Å². The largest absolute Gasteiger partial charge is 0.396 e. The highest BCUT2D eigenvalue weighted by Crippen LogP contribution is 2.34. The lowest BCUT2D eigenvalue weighted by Gasteiger charge is -2.18. The van der Waals surface area contributed by atoms with E-state index in [-0.39, 0.29) is 30.6 Å². The Labute approximate surface area is 147 Å². The summed E-state index contributed by atoms with van der Waals surface area (Å²) in [5.41, 5.74) is 0. The lowest BCUT2D eigenvalue weighted by Crippen LogP contribution is -2.19. The van der Waals surface area contributed by atoms with Gasteiger partial charge in [-0.2, -0.15) is 0 Å². The van der Waals surface area contributed by atoms with Crippen LogP contribution in [0.25, 0.3) is 0 Å². The first-order chi connectivity index (χ1) is 11.6. The van der Waals surface area contributed by atoms with Crippen molar-refractivity contribution in [2.75, 3.05) is 6.61 Å². The topological polar surface area (TPSA) is 77.8 Å². The summed E-state index contributed by atoms with van der Waals surface area (Å²) in [7, 11) is 0. The Morgan fingerprint density at radius 1 is 1.12 bits per heavy atom. The lowest BCUT2D eigenvalue weighted by atomic mass is 9.88. The van der Waals surface area contributed by atoms with Crippen LogP contribution in [0.4, 0.5) is 0 Å². The van der Waals surface area contributed by atoms with Crippen molar-refractivity contribution < 1.29 is 20.1 Å². The van der Waals surface area contributed by atoms with E-state index in [9.17, 15) is 15.0 Å². The third-order valence-electron chi connectivity index (χ3n) is 5.06. The SMILES string of the molecule is CCCCC[C@H](O)/C=C/[C@H]1C(O)CC(=O)[C@@H]1CCCCCCCO. The number of carbonyl (C=O) groups excluding carboxylic acids is 1. The van der Waals surface area contributed by atoms with Gasteiger partial charge in [0.2, 0.25) is 0 Å². The van der Waals surface area contributed by atoms with Gasteiger partial charge in [0.25, 0.3) is 0 Å². The molecule has 4 heteroatoms. The highest BCUT2D eigenvalue weighted by Gasteiger charge is 2.39. The minimum Gasteiger partial charge on any atom is -0.396 e. The van der Waals surface area contributed by atoms with Crippen molar-refractivity contribution in [2.24, 2.45) is 11.8 Å². The molecule has 1 fully saturated rings. The maximum atomic E-state index is 12.1. The summed E-state index contributed by atoms with van der Waals surface area (Å²) in [5, 5.41) is 28.9.